The maximum Gasteiger partial charge on any atom is 0.254 e. The Kier molecular flexibility index (Phi) is 5.65. The summed E-state index contributed by atoms with van der Waals surface area (Å²) in [5, 5.41) is 7.10. The molecule has 3 heterocycles. The maximum absolute atomic E-state index is 11.9. The summed E-state index contributed by atoms with van der Waals surface area (Å²) in [5.74, 6) is -0.0464. The maximum atomic E-state index is 11.9. The number of piperidine rings is 1. The monoisotopic (exact) mass is 387 g/mol. The standard InChI is InChI=1S/C17H21N7O2S/c1-3-14(25)24-6-4-5-11(9-24)20-16-12(15(18)26)8-19-17(22-16)21-13-7-10(2)23-27-13/h3,7-8,11H,1,4-6,9H2,2H3,(H2,18,26)(H2,19,20,21,22). The smallest absolute Gasteiger partial charge is 0.254 e. The number of aryl methyl sites for hydroxylation is 1. The third kappa shape index (κ3) is 4.59. The van der Waals surface area contributed by atoms with Crippen molar-refractivity contribution in [1.82, 2.24) is 19.2 Å². The number of rotatable bonds is 6. The molecule has 0 aromatic carbocycles. The van der Waals surface area contributed by atoms with Crippen LogP contribution in [-0.4, -0.2) is 50.2 Å². The van der Waals surface area contributed by atoms with Crippen LogP contribution in [0.25, 0.3) is 0 Å². The van der Waals surface area contributed by atoms with Crippen molar-refractivity contribution in [3.8, 4) is 0 Å². The van der Waals surface area contributed by atoms with Gasteiger partial charge < -0.3 is 21.3 Å². The van der Waals surface area contributed by atoms with Gasteiger partial charge in [0, 0.05) is 25.3 Å². The third-order valence-electron chi connectivity index (χ3n) is 4.17. The molecule has 9 nitrogen and oxygen atoms in total. The summed E-state index contributed by atoms with van der Waals surface area (Å²) < 4.78 is 4.20. The SMILES string of the molecule is C=CC(=O)N1CCCC(Nc2nc(Nc3cc(C)ns3)ncc2C(N)=O)C1. The normalized spacial score (nSPS) is 16.6. The van der Waals surface area contributed by atoms with E-state index in [4.69, 9.17) is 5.73 Å². The zero-order valence-electron chi connectivity index (χ0n) is 14.9. The summed E-state index contributed by atoms with van der Waals surface area (Å²) in [6.45, 7) is 6.61. The summed E-state index contributed by atoms with van der Waals surface area (Å²) in [6, 6.07) is 1.83. The van der Waals surface area contributed by atoms with Gasteiger partial charge in [-0.15, -0.1) is 0 Å². The number of hydrogen-bond acceptors (Lipinski definition) is 8. The molecular formula is C17H21N7O2S. The van der Waals surface area contributed by atoms with Crippen LogP contribution in [-0.2, 0) is 4.79 Å². The number of aromatic nitrogens is 3. The van der Waals surface area contributed by atoms with Crippen molar-refractivity contribution >= 4 is 40.1 Å². The van der Waals surface area contributed by atoms with Crippen molar-refractivity contribution in [2.45, 2.75) is 25.8 Å². The Labute approximate surface area is 160 Å². The van der Waals surface area contributed by atoms with E-state index in [0.29, 0.717) is 24.9 Å². The number of amides is 2. The van der Waals surface area contributed by atoms with Crippen molar-refractivity contribution in [2.24, 2.45) is 5.73 Å². The van der Waals surface area contributed by atoms with Gasteiger partial charge in [-0.3, -0.25) is 9.59 Å². The van der Waals surface area contributed by atoms with E-state index in [-0.39, 0.29) is 17.5 Å². The fourth-order valence-electron chi connectivity index (χ4n) is 2.88. The predicted molar refractivity (Wildman–Crippen MR) is 104 cm³/mol. The number of carbonyl (C=O) groups excluding carboxylic acids is 2. The predicted octanol–water partition coefficient (Wildman–Crippen LogP) is 1.67. The number of nitrogens with two attached hydrogens (primary N) is 1. The van der Waals surface area contributed by atoms with Crippen molar-refractivity contribution in [2.75, 3.05) is 23.7 Å². The number of nitrogens with one attached hydrogen (secondary N) is 2. The van der Waals surface area contributed by atoms with Crippen LogP contribution < -0.4 is 16.4 Å². The second kappa shape index (κ2) is 8.12. The van der Waals surface area contributed by atoms with Gasteiger partial charge in [0.05, 0.1) is 11.3 Å². The number of nitrogens with zero attached hydrogens (tertiary/aromatic N) is 4. The molecule has 0 spiro atoms. The van der Waals surface area contributed by atoms with Crippen LogP contribution in [0.3, 0.4) is 0 Å². The minimum absolute atomic E-state index is 0.0471. The van der Waals surface area contributed by atoms with Gasteiger partial charge in [0.1, 0.15) is 10.8 Å². The zero-order valence-corrected chi connectivity index (χ0v) is 15.8. The average Bonchev–Trinajstić information content (AvgIpc) is 3.06. The Balaban J connectivity index is 1.79. The van der Waals surface area contributed by atoms with Gasteiger partial charge in [-0.25, -0.2) is 4.98 Å². The van der Waals surface area contributed by atoms with E-state index >= 15 is 0 Å². The zero-order chi connectivity index (χ0) is 19.4. The molecule has 1 atom stereocenters. The fourth-order valence-corrected chi connectivity index (χ4v) is 3.54. The van der Waals surface area contributed by atoms with Crippen LogP contribution in [0.5, 0.6) is 0 Å². The highest BCUT2D eigenvalue weighted by Crippen LogP contribution is 2.23. The first kappa shape index (κ1) is 18.8. The first-order chi connectivity index (χ1) is 13.0. The molecule has 0 aliphatic carbocycles. The quantitative estimate of drug-likeness (QED) is 0.644. The van der Waals surface area contributed by atoms with Gasteiger partial charge in [0.15, 0.2) is 0 Å². The molecule has 0 saturated carbocycles. The fraction of sp³-hybridized carbons (Fsp3) is 0.353. The molecule has 1 unspecified atom stereocenters. The molecule has 0 radical (unpaired) electrons. The molecule has 1 aliphatic heterocycles. The van der Waals surface area contributed by atoms with Gasteiger partial charge in [0.2, 0.25) is 11.9 Å². The van der Waals surface area contributed by atoms with Crippen LogP contribution in [0.1, 0.15) is 28.9 Å². The van der Waals surface area contributed by atoms with Crippen molar-refractivity contribution in [1.29, 1.82) is 0 Å². The highest BCUT2D eigenvalue weighted by molar-refractivity contribution is 7.10. The first-order valence-corrected chi connectivity index (χ1v) is 9.28. The lowest BCUT2D eigenvalue weighted by Crippen LogP contribution is -2.44. The minimum atomic E-state index is -0.618. The molecule has 1 aliphatic rings. The average molecular weight is 387 g/mol. The second-order valence-electron chi connectivity index (χ2n) is 6.25. The lowest BCUT2D eigenvalue weighted by Gasteiger charge is -2.33. The van der Waals surface area contributed by atoms with Gasteiger partial charge in [-0.05, 0) is 43.4 Å². The molecule has 2 amide bonds. The molecule has 3 rings (SSSR count). The Bertz CT molecular complexity index is 867. The minimum Gasteiger partial charge on any atom is -0.365 e. The molecule has 1 saturated heterocycles. The summed E-state index contributed by atoms with van der Waals surface area (Å²) in [7, 11) is 0. The molecule has 4 N–H and O–H groups in total. The Morgan fingerprint density at radius 2 is 2.30 bits per heavy atom. The van der Waals surface area contributed by atoms with E-state index < -0.39 is 5.91 Å². The molecule has 0 bridgehead atoms. The van der Waals surface area contributed by atoms with Crippen molar-refractivity contribution in [3.63, 3.8) is 0 Å². The highest BCUT2D eigenvalue weighted by atomic mass is 32.1. The number of anilines is 3. The van der Waals surface area contributed by atoms with E-state index in [9.17, 15) is 9.59 Å². The number of carbonyl (C=O) groups is 2. The third-order valence-corrected chi connectivity index (χ3v) is 4.96. The van der Waals surface area contributed by atoms with Crippen LogP contribution in [0.15, 0.2) is 24.9 Å². The van der Waals surface area contributed by atoms with Gasteiger partial charge in [0.25, 0.3) is 5.91 Å². The van der Waals surface area contributed by atoms with Crippen LogP contribution in [0.4, 0.5) is 16.8 Å². The summed E-state index contributed by atoms with van der Waals surface area (Å²) >= 11 is 1.30. The number of primary amides is 1. The van der Waals surface area contributed by atoms with Gasteiger partial charge in [-0.2, -0.15) is 9.36 Å². The van der Waals surface area contributed by atoms with Gasteiger partial charge >= 0.3 is 0 Å². The molecule has 142 valence electrons. The number of likely N-dealkylation sites (tertiary alicyclic amines) is 1. The summed E-state index contributed by atoms with van der Waals surface area (Å²) in [6.07, 6.45) is 4.39. The van der Waals surface area contributed by atoms with Crippen LogP contribution >= 0.6 is 11.5 Å². The largest absolute Gasteiger partial charge is 0.365 e. The topological polar surface area (TPSA) is 126 Å². The van der Waals surface area contributed by atoms with E-state index in [1.165, 1.54) is 23.8 Å². The second-order valence-corrected chi connectivity index (χ2v) is 7.05. The Morgan fingerprint density at radius 3 is 2.96 bits per heavy atom. The van der Waals surface area contributed by atoms with Crippen LogP contribution in [0.2, 0.25) is 0 Å². The van der Waals surface area contributed by atoms with Crippen molar-refractivity contribution in [3.05, 3.63) is 36.2 Å². The summed E-state index contributed by atoms with van der Waals surface area (Å²) in [4.78, 5) is 33.9. The molecule has 27 heavy (non-hydrogen) atoms. The highest BCUT2D eigenvalue weighted by Gasteiger charge is 2.24. The molecule has 2 aromatic heterocycles. The van der Waals surface area contributed by atoms with Gasteiger partial charge in [-0.1, -0.05) is 6.58 Å². The van der Waals surface area contributed by atoms with E-state index in [1.54, 1.807) is 4.90 Å². The molecular weight excluding hydrogens is 366 g/mol. The van der Waals surface area contributed by atoms with Crippen LogP contribution in [0, 0.1) is 6.92 Å². The summed E-state index contributed by atoms with van der Waals surface area (Å²) in [5.41, 5.74) is 6.55. The lowest BCUT2D eigenvalue weighted by molar-refractivity contribution is -0.127. The van der Waals surface area contributed by atoms with Crippen molar-refractivity contribution < 1.29 is 9.59 Å². The lowest BCUT2D eigenvalue weighted by atomic mass is 10.1. The molecule has 2 aromatic rings. The molecule has 1 fully saturated rings. The van der Waals surface area contributed by atoms with E-state index in [1.807, 2.05) is 13.0 Å². The van der Waals surface area contributed by atoms with E-state index in [0.717, 1.165) is 23.5 Å². The number of hydrogen-bond donors (Lipinski definition) is 3. The van der Waals surface area contributed by atoms with E-state index in [2.05, 4.69) is 31.6 Å². The first-order valence-electron chi connectivity index (χ1n) is 8.51. The molecule has 10 heteroatoms. The Morgan fingerprint density at radius 1 is 1.48 bits per heavy atom. The Hall–Kier alpha value is -3.01.